The fourth-order valence-electron chi connectivity index (χ4n) is 3.46. The molecule has 0 aliphatic rings. The zero-order valence-electron chi connectivity index (χ0n) is 18.7. The number of halogens is 4. The number of ketones is 1. The van der Waals surface area contributed by atoms with Crippen molar-refractivity contribution in [3.63, 3.8) is 0 Å². The minimum absolute atomic E-state index is 0.0596. The predicted octanol–water partition coefficient (Wildman–Crippen LogP) is 2.44. The van der Waals surface area contributed by atoms with Gasteiger partial charge in [0.2, 0.25) is 0 Å². The van der Waals surface area contributed by atoms with Crippen molar-refractivity contribution < 1.29 is 23.1 Å². The molecular weight excluding hydrogens is 503 g/mol. The Labute approximate surface area is 206 Å². The van der Waals surface area contributed by atoms with Crippen LogP contribution in [0.2, 0.25) is 5.02 Å². The highest BCUT2D eigenvalue weighted by Gasteiger charge is 2.39. The topological polar surface area (TPSA) is 121 Å². The molecule has 14 heteroatoms. The van der Waals surface area contributed by atoms with Crippen LogP contribution in [0.1, 0.15) is 18.3 Å². The van der Waals surface area contributed by atoms with Crippen LogP contribution in [0.4, 0.5) is 13.2 Å². The summed E-state index contributed by atoms with van der Waals surface area (Å²) in [4.78, 5) is 32.8. The minimum atomic E-state index is -4.93. The molecule has 1 atom stereocenters. The van der Waals surface area contributed by atoms with Crippen LogP contribution in [0, 0.1) is 0 Å². The van der Waals surface area contributed by atoms with Gasteiger partial charge in [-0.15, -0.1) is 10.2 Å². The maximum atomic E-state index is 13.0. The van der Waals surface area contributed by atoms with Crippen molar-refractivity contribution in [3.8, 4) is 17.1 Å². The molecule has 0 aliphatic heterocycles. The summed E-state index contributed by atoms with van der Waals surface area (Å²) in [5.74, 6) is -0.00976. The Hall–Kier alpha value is -3.84. The molecule has 0 saturated heterocycles. The van der Waals surface area contributed by atoms with Crippen molar-refractivity contribution in [2.75, 3.05) is 0 Å². The molecule has 0 aliphatic carbocycles. The Morgan fingerprint density at radius 1 is 1.17 bits per heavy atom. The molecular formula is C22H19ClF3N7O3. The molecule has 3 aromatic heterocycles. The SMILES string of the molecule is CC(=O)Cc1ccncc1-n1cnc(Cn2nc(-c3ccc(Cl)cc3)n(C[C@H](O)C(F)(F)F)c2=O)n1. The quantitative estimate of drug-likeness (QED) is 0.378. The summed E-state index contributed by atoms with van der Waals surface area (Å²) in [5, 5.41) is 18.5. The van der Waals surface area contributed by atoms with Gasteiger partial charge >= 0.3 is 11.9 Å². The third-order valence-electron chi connectivity index (χ3n) is 5.16. The standard InChI is InChI=1S/C22H19ClF3N7O3/c1-13(34)8-15-6-7-27-9-17(15)33-12-28-19(29-33)11-32-21(36)31(10-18(35)22(24,25)26)20(30-32)14-2-4-16(23)5-3-14/h2-7,9,12,18,35H,8,10-11H2,1H3/t18-/m0/s1. The fourth-order valence-corrected chi connectivity index (χ4v) is 3.58. The van der Waals surface area contributed by atoms with Gasteiger partial charge in [0.25, 0.3) is 0 Å². The van der Waals surface area contributed by atoms with Gasteiger partial charge in [-0.2, -0.15) is 13.2 Å². The average molecular weight is 522 g/mol. The first-order chi connectivity index (χ1) is 17.0. The van der Waals surface area contributed by atoms with E-state index in [2.05, 4.69) is 20.2 Å². The zero-order valence-corrected chi connectivity index (χ0v) is 19.5. The van der Waals surface area contributed by atoms with E-state index in [9.17, 15) is 27.9 Å². The number of carbonyl (C=O) groups is 1. The molecule has 10 nitrogen and oxygen atoms in total. The van der Waals surface area contributed by atoms with Crippen molar-refractivity contribution in [3.05, 3.63) is 75.9 Å². The molecule has 4 aromatic rings. The Kier molecular flexibility index (Phi) is 7.04. The van der Waals surface area contributed by atoms with Gasteiger partial charge in [-0.1, -0.05) is 11.6 Å². The van der Waals surface area contributed by atoms with E-state index in [4.69, 9.17) is 11.6 Å². The molecule has 0 spiro atoms. The van der Waals surface area contributed by atoms with E-state index in [1.165, 1.54) is 48.4 Å². The molecule has 188 valence electrons. The van der Waals surface area contributed by atoms with Gasteiger partial charge in [-0.3, -0.25) is 14.3 Å². The summed E-state index contributed by atoms with van der Waals surface area (Å²) in [5.41, 5.74) is 0.617. The molecule has 0 bridgehead atoms. The highest BCUT2D eigenvalue weighted by Crippen LogP contribution is 2.24. The largest absolute Gasteiger partial charge is 0.416 e. The molecule has 0 radical (unpaired) electrons. The summed E-state index contributed by atoms with van der Waals surface area (Å²) in [6.07, 6.45) is -3.13. The number of hydrogen-bond donors (Lipinski definition) is 1. The number of aliphatic hydroxyl groups is 1. The van der Waals surface area contributed by atoms with Crippen LogP contribution in [0.25, 0.3) is 17.1 Å². The maximum absolute atomic E-state index is 13.0. The lowest BCUT2D eigenvalue weighted by atomic mass is 10.1. The van der Waals surface area contributed by atoms with Crippen LogP contribution in [0.5, 0.6) is 0 Å². The Balaban J connectivity index is 1.69. The molecule has 4 rings (SSSR count). The zero-order chi connectivity index (χ0) is 26.0. The Bertz CT molecular complexity index is 1440. The monoisotopic (exact) mass is 521 g/mol. The first-order valence-corrected chi connectivity index (χ1v) is 10.9. The lowest BCUT2D eigenvalue weighted by molar-refractivity contribution is -0.207. The molecule has 0 unspecified atom stereocenters. The van der Waals surface area contributed by atoms with Gasteiger partial charge in [0.1, 0.15) is 18.7 Å². The van der Waals surface area contributed by atoms with E-state index >= 15 is 0 Å². The first kappa shape index (κ1) is 25.3. The molecule has 1 aromatic carbocycles. The van der Waals surface area contributed by atoms with Crippen LogP contribution < -0.4 is 5.69 Å². The van der Waals surface area contributed by atoms with Crippen molar-refractivity contribution in [2.24, 2.45) is 0 Å². The van der Waals surface area contributed by atoms with Crippen LogP contribution in [-0.2, 0) is 24.3 Å². The van der Waals surface area contributed by atoms with E-state index in [1.807, 2.05) is 0 Å². The highest BCUT2D eigenvalue weighted by atomic mass is 35.5. The summed E-state index contributed by atoms with van der Waals surface area (Å²) < 4.78 is 42.1. The second kappa shape index (κ2) is 10.0. The fraction of sp³-hybridized carbons (Fsp3) is 0.273. The van der Waals surface area contributed by atoms with Gasteiger partial charge in [0, 0.05) is 23.2 Å². The van der Waals surface area contributed by atoms with Crippen LogP contribution in [-0.4, -0.2) is 57.3 Å². The second-order valence-electron chi connectivity index (χ2n) is 7.93. The van der Waals surface area contributed by atoms with Crippen molar-refractivity contribution >= 4 is 17.4 Å². The Morgan fingerprint density at radius 2 is 1.89 bits per heavy atom. The number of pyridine rings is 1. The smallest absolute Gasteiger partial charge is 0.382 e. The van der Waals surface area contributed by atoms with Crippen LogP contribution in [0.3, 0.4) is 0 Å². The summed E-state index contributed by atoms with van der Waals surface area (Å²) in [7, 11) is 0. The first-order valence-electron chi connectivity index (χ1n) is 10.5. The molecule has 0 saturated carbocycles. The number of alkyl halides is 3. The number of aliphatic hydroxyl groups excluding tert-OH is 1. The average Bonchev–Trinajstić information content (AvgIpc) is 3.39. The van der Waals surface area contributed by atoms with E-state index in [0.29, 0.717) is 21.8 Å². The third-order valence-corrected chi connectivity index (χ3v) is 5.41. The lowest BCUT2D eigenvalue weighted by Crippen LogP contribution is -2.37. The van der Waals surface area contributed by atoms with Crippen molar-refractivity contribution in [1.29, 1.82) is 0 Å². The predicted molar refractivity (Wildman–Crippen MR) is 122 cm³/mol. The number of nitrogens with zero attached hydrogens (tertiary/aromatic N) is 7. The van der Waals surface area contributed by atoms with Gasteiger partial charge in [0.05, 0.1) is 18.4 Å². The van der Waals surface area contributed by atoms with Gasteiger partial charge in [-0.05, 0) is 42.8 Å². The summed E-state index contributed by atoms with van der Waals surface area (Å²) in [6, 6.07) is 7.67. The molecule has 36 heavy (non-hydrogen) atoms. The third kappa shape index (κ3) is 5.52. The molecule has 0 fully saturated rings. The number of Topliss-reactive ketones (excluding diaryl/α,β-unsaturated/α-hetero) is 1. The number of rotatable bonds is 8. The van der Waals surface area contributed by atoms with Gasteiger partial charge < -0.3 is 5.11 Å². The van der Waals surface area contributed by atoms with E-state index in [1.54, 1.807) is 12.3 Å². The number of aromatic nitrogens is 7. The van der Waals surface area contributed by atoms with Crippen LogP contribution in [0.15, 0.2) is 53.8 Å². The van der Waals surface area contributed by atoms with E-state index in [-0.39, 0.29) is 30.4 Å². The summed E-state index contributed by atoms with van der Waals surface area (Å²) >= 11 is 5.89. The van der Waals surface area contributed by atoms with Crippen LogP contribution >= 0.6 is 11.6 Å². The van der Waals surface area contributed by atoms with Crippen molar-refractivity contribution in [1.82, 2.24) is 34.1 Å². The lowest BCUT2D eigenvalue weighted by Gasteiger charge is -2.15. The van der Waals surface area contributed by atoms with E-state index in [0.717, 1.165) is 9.25 Å². The second-order valence-corrected chi connectivity index (χ2v) is 8.36. The number of carbonyl (C=O) groups excluding carboxylic acids is 1. The Morgan fingerprint density at radius 3 is 2.56 bits per heavy atom. The van der Waals surface area contributed by atoms with Crippen molar-refractivity contribution in [2.45, 2.75) is 38.7 Å². The highest BCUT2D eigenvalue weighted by molar-refractivity contribution is 6.30. The van der Waals surface area contributed by atoms with Gasteiger partial charge in [-0.25, -0.2) is 19.1 Å². The molecule has 3 heterocycles. The molecule has 0 amide bonds. The molecule has 1 N–H and O–H groups in total. The normalized spacial score (nSPS) is 12.6. The van der Waals surface area contributed by atoms with Gasteiger partial charge in [0.15, 0.2) is 17.8 Å². The minimum Gasteiger partial charge on any atom is -0.382 e. The number of benzene rings is 1. The maximum Gasteiger partial charge on any atom is 0.416 e. The van der Waals surface area contributed by atoms with E-state index < -0.39 is 24.5 Å². The summed E-state index contributed by atoms with van der Waals surface area (Å²) in [6.45, 7) is 0.143. The number of hydrogen-bond acceptors (Lipinski definition) is 7.